The van der Waals surface area contributed by atoms with Gasteiger partial charge < -0.3 is 15.8 Å². The normalized spacial score (nSPS) is 13.0. The van der Waals surface area contributed by atoms with Crippen LogP contribution < -0.4 is 11.1 Å². The zero-order valence-corrected chi connectivity index (χ0v) is 14.8. The summed E-state index contributed by atoms with van der Waals surface area (Å²) in [6.45, 7) is 2.25. The van der Waals surface area contributed by atoms with E-state index in [0.29, 0.717) is 6.54 Å². The van der Waals surface area contributed by atoms with Gasteiger partial charge in [-0.1, -0.05) is 30.3 Å². The number of carbonyl (C=O) groups excluding carboxylic acids is 1. The molecule has 0 aliphatic carbocycles. The van der Waals surface area contributed by atoms with Crippen LogP contribution in [0.1, 0.15) is 24.4 Å². The molecule has 0 saturated heterocycles. The van der Waals surface area contributed by atoms with Gasteiger partial charge in [0.25, 0.3) is 0 Å². The smallest absolute Gasteiger partial charge is 0.223 e. The number of methoxy groups -OCH3 is 1. The number of benzene rings is 1. The third kappa shape index (κ3) is 5.58. The summed E-state index contributed by atoms with van der Waals surface area (Å²) in [5.41, 5.74) is 7.53. The van der Waals surface area contributed by atoms with Gasteiger partial charge >= 0.3 is 0 Å². The third-order valence-corrected chi connectivity index (χ3v) is 4.38. The molecule has 2 unspecified atom stereocenters. The molecule has 0 aliphatic heterocycles. The van der Waals surface area contributed by atoms with Gasteiger partial charge in [0, 0.05) is 24.6 Å². The summed E-state index contributed by atoms with van der Waals surface area (Å²) in [5.74, 6) is -0.0822. The highest BCUT2D eigenvalue weighted by Crippen LogP contribution is 2.25. The van der Waals surface area contributed by atoms with Crippen LogP contribution in [0.25, 0.3) is 11.3 Å². The van der Waals surface area contributed by atoms with Crippen LogP contribution in [0.5, 0.6) is 0 Å². The lowest BCUT2D eigenvalue weighted by Gasteiger charge is -2.15. The number of hydrogen-bond donors (Lipinski definition) is 2. The molecule has 1 aromatic carbocycles. The fourth-order valence-electron chi connectivity index (χ4n) is 2.06. The van der Waals surface area contributed by atoms with Crippen molar-refractivity contribution in [3.05, 3.63) is 40.7 Å². The number of halogens is 1. The number of aromatic nitrogens is 1. The molecule has 23 heavy (non-hydrogen) atoms. The minimum absolute atomic E-state index is 0. The van der Waals surface area contributed by atoms with Crippen molar-refractivity contribution in [3.63, 3.8) is 0 Å². The predicted octanol–water partition coefficient (Wildman–Crippen LogP) is 2.77. The Hall–Kier alpha value is -1.47. The van der Waals surface area contributed by atoms with E-state index in [9.17, 15) is 4.79 Å². The Labute approximate surface area is 146 Å². The fourth-order valence-corrected chi connectivity index (χ4v) is 2.90. The van der Waals surface area contributed by atoms with Gasteiger partial charge in [0.05, 0.1) is 24.3 Å². The van der Waals surface area contributed by atoms with Crippen LogP contribution in [0.15, 0.2) is 35.7 Å². The summed E-state index contributed by atoms with van der Waals surface area (Å²) in [6.07, 6.45) is 0.0113. The van der Waals surface area contributed by atoms with Crippen LogP contribution in [0.4, 0.5) is 0 Å². The molecule has 0 radical (unpaired) electrons. The Morgan fingerprint density at radius 3 is 2.70 bits per heavy atom. The molecule has 1 heterocycles. The van der Waals surface area contributed by atoms with Crippen molar-refractivity contribution in [2.75, 3.05) is 13.7 Å². The summed E-state index contributed by atoms with van der Waals surface area (Å²) in [4.78, 5) is 16.6. The van der Waals surface area contributed by atoms with Crippen LogP contribution in [-0.4, -0.2) is 30.6 Å². The molecule has 2 rings (SSSR count). The minimum Gasteiger partial charge on any atom is -0.380 e. The molecule has 2 atom stereocenters. The molecule has 0 bridgehead atoms. The Balaban J connectivity index is 0.00000264. The fraction of sp³-hybridized carbons (Fsp3) is 0.375. The summed E-state index contributed by atoms with van der Waals surface area (Å²) in [5, 5.41) is 5.82. The van der Waals surface area contributed by atoms with Crippen LogP contribution in [0.2, 0.25) is 0 Å². The SMILES string of the molecule is COC(CN)CC(=O)NC(C)c1nc(-c2ccccc2)cs1.Cl. The van der Waals surface area contributed by atoms with Gasteiger partial charge in [-0.15, -0.1) is 23.7 Å². The molecule has 2 aromatic rings. The number of nitrogens with one attached hydrogen (secondary N) is 1. The second-order valence-electron chi connectivity index (χ2n) is 5.02. The Morgan fingerprint density at radius 2 is 2.09 bits per heavy atom. The third-order valence-electron chi connectivity index (χ3n) is 3.35. The molecule has 5 nitrogen and oxygen atoms in total. The van der Waals surface area contributed by atoms with Crippen LogP contribution >= 0.6 is 23.7 Å². The monoisotopic (exact) mass is 355 g/mol. The molecular formula is C16H22ClN3O2S. The van der Waals surface area contributed by atoms with E-state index in [1.54, 1.807) is 18.4 Å². The predicted molar refractivity (Wildman–Crippen MR) is 95.8 cm³/mol. The maximum Gasteiger partial charge on any atom is 0.223 e. The maximum absolute atomic E-state index is 12.0. The van der Waals surface area contributed by atoms with Crippen molar-refractivity contribution in [2.45, 2.75) is 25.5 Å². The Kier molecular flexibility index (Phi) is 8.19. The van der Waals surface area contributed by atoms with Crippen LogP contribution in [-0.2, 0) is 9.53 Å². The highest BCUT2D eigenvalue weighted by molar-refractivity contribution is 7.10. The van der Waals surface area contributed by atoms with Gasteiger partial charge in [0.2, 0.25) is 5.91 Å². The first-order valence-electron chi connectivity index (χ1n) is 7.17. The van der Waals surface area contributed by atoms with E-state index in [0.717, 1.165) is 16.3 Å². The molecule has 7 heteroatoms. The molecule has 1 amide bonds. The number of ether oxygens (including phenoxy) is 1. The van der Waals surface area contributed by atoms with E-state index in [2.05, 4.69) is 10.3 Å². The average Bonchev–Trinajstić information content (AvgIpc) is 3.03. The number of thiazole rings is 1. The van der Waals surface area contributed by atoms with Crippen molar-refractivity contribution in [3.8, 4) is 11.3 Å². The second kappa shape index (κ2) is 9.62. The van der Waals surface area contributed by atoms with Gasteiger partial charge in [0.1, 0.15) is 5.01 Å². The van der Waals surface area contributed by atoms with E-state index in [4.69, 9.17) is 10.5 Å². The lowest BCUT2D eigenvalue weighted by atomic mass is 10.2. The van der Waals surface area contributed by atoms with Gasteiger partial charge in [0.15, 0.2) is 0 Å². The first-order valence-corrected chi connectivity index (χ1v) is 8.05. The maximum atomic E-state index is 12.0. The quantitative estimate of drug-likeness (QED) is 0.800. The van der Waals surface area contributed by atoms with Crippen molar-refractivity contribution in [1.82, 2.24) is 10.3 Å². The van der Waals surface area contributed by atoms with E-state index in [-0.39, 0.29) is 36.9 Å². The largest absolute Gasteiger partial charge is 0.380 e. The zero-order valence-electron chi connectivity index (χ0n) is 13.2. The number of rotatable bonds is 7. The topological polar surface area (TPSA) is 77.2 Å². The van der Waals surface area contributed by atoms with Gasteiger partial charge in [-0.3, -0.25) is 4.79 Å². The Morgan fingerprint density at radius 1 is 1.39 bits per heavy atom. The molecule has 1 aromatic heterocycles. The summed E-state index contributed by atoms with van der Waals surface area (Å²) < 4.78 is 5.12. The van der Waals surface area contributed by atoms with Crippen molar-refractivity contribution >= 4 is 29.7 Å². The first kappa shape index (κ1) is 19.6. The van der Waals surface area contributed by atoms with Gasteiger partial charge in [-0.05, 0) is 6.92 Å². The summed E-state index contributed by atoms with van der Waals surface area (Å²) >= 11 is 1.54. The van der Waals surface area contributed by atoms with Crippen molar-refractivity contribution in [2.24, 2.45) is 5.73 Å². The zero-order chi connectivity index (χ0) is 15.9. The van der Waals surface area contributed by atoms with Gasteiger partial charge in [-0.25, -0.2) is 4.98 Å². The number of carbonyl (C=O) groups is 1. The molecular weight excluding hydrogens is 334 g/mol. The highest BCUT2D eigenvalue weighted by atomic mass is 35.5. The average molecular weight is 356 g/mol. The van der Waals surface area contributed by atoms with Crippen molar-refractivity contribution in [1.29, 1.82) is 0 Å². The number of hydrogen-bond acceptors (Lipinski definition) is 5. The standard InChI is InChI=1S/C16H21N3O2S.ClH/c1-11(18-15(20)8-13(9-17)21-2)16-19-14(10-22-16)12-6-4-3-5-7-12;/h3-7,10-11,13H,8-9,17H2,1-2H3,(H,18,20);1H. The van der Waals surface area contributed by atoms with Gasteiger partial charge in [-0.2, -0.15) is 0 Å². The molecule has 0 fully saturated rings. The summed E-state index contributed by atoms with van der Waals surface area (Å²) in [7, 11) is 1.56. The lowest BCUT2D eigenvalue weighted by Crippen LogP contribution is -2.33. The van der Waals surface area contributed by atoms with E-state index in [1.165, 1.54) is 0 Å². The van der Waals surface area contributed by atoms with E-state index in [1.807, 2.05) is 42.6 Å². The minimum atomic E-state index is -0.247. The highest BCUT2D eigenvalue weighted by Gasteiger charge is 2.17. The molecule has 0 aliphatic rings. The molecule has 3 N–H and O–H groups in total. The van der Waals surface area contributed by atoms with Crippen LogP contribution in [0, 0.1) is 0 Å². The number of amides is 1. The molecule has 126 valence electrons. The molecule has 0 spiro atoms. The molecule has 0 saturated carbocycles. The van der Waals surface area contributed by atoms with E-state index < -0.39 is 0 Å². The first-order chi connectivity index (χ1) is 10.6. The summed E-state index contributed by atoms with van der Waals surface area (Å²) in [6, 6.07) is 9.85. The number of nitrogens with zero attached hydrogens (tertiary/aromatic N) is 1. The number of nitrogens with two attached hydrogens (primary N) is 1. The lowest BCUT2D eigenvalue weighted by molar-refractivity contribution is -0.124. The van der Waals surface area contributed by atoms with Crippen LogP contribution in [0.3, 0.4) is 0 Å². The second-order valence-corrected chi connectivity index (χ2v) is 5.91. The Bertz CT molecular complexity index is 602. The van der Waals surface area contributed by atoms with Crippen molar-refractivity contribution < 1.29 is 9.53 Å². The van der Waals surface area contributed by atoms with E-state index >= 15 is 0 Å².